The maximum absolute atomic E-state index is 6.76. The summed E-state index contributed by atoms with van der Waals surface area (Å²) in [7, 11) is 0. The van der Waals surface area contributed by atoms with Crippen LogP contribution in [0.2, 0.25) is 0 Å². The van der Waals surface area contributed by atoms with Crippen LogP contribution in [0.15, 0.2) is 233 Å². The first-order chi connectivity index (χ1) is 32.5. The lowest BCUT2D eigenvalue weighted by Gasteiger charge is -2.26. The summed E-state index contributed by atoms with van der Waals surface area (Å²) in [6, 6.07) is 80.7. The fourth-order valence-corrected chi connectivity index (χ4v) is 10.7. The topological polar surface area (TPSA) is 29.5 Å². The van der Waals surface area contributed by atoms with Gasteiger partial charge in [0.2, 0.25) is 0 Å². The zero-order chi connectivity index (χ0) is 43.9. The van der Waals surface area contributed by atoms with E-state index in [0.29, 0.717) is 0 Å². The lowest BCUT2D eigenvalue weighted by molar-refractivity contribution is 0.659. The second-order valence-corrected chi connectivity index (χ2v) is 18.0. The smallest absolute Gasteiger partial charge is 0.143 e. The van der Waals surface area contributed by atoms with Gasteiger partial charge in [0.05, 0.1) is 0 Å². The monoisotopic (exact) mass is 845 g/mol. The number of furan rings is 2. The molecule has 1 aliphatic rings. The molecule has 0 amide bonds. The first-order valence-corrected chi connectivity index (χ1v) is 22.7. The molecular weight excluding hydrogens is 803 g/mol. The molecule has 0 atom stereocenters. The molecule has 3 heteroatoms. The number of anilines is 3. The molecule has 1 aliphatic carbocycles. The summed E-state index contributed by atoms with van der Waals surface area (Å²) in [4.78, 5) is 2.33. The van der Waals surface area contributed by atoms with Crippen molar-refractivity contribution in [3.8, 4) is 55.6 Å². The largest absolute Gasteiger partial charge is 0.455 e. The highest BCUT2D eigenvalue weighted by Crippen LogP contribution is 2.56. The van der Waals surface area contributed by atoms with Crippen molar-refractivity contribution in [2.24, 2.45) is 0 Å². The van der Waals surface area contributed by atoms with E-state index in [1.165, 1.54) is 50.1 Å². The van der Waals surface area contributed by atoms with Gasteiger partial charge in [0.15, 0.2) is 0 Å². The van der Waals surface area contributed by atoms with E-state index in [9.17, 15) is 0 Å². The Hall–Kier alpha value is -8.40. The van der Waals surface area contributed by atoms with Gasteiger partial charge in [0, 0.05) is 55.1 Å². The van der Waals surface area contributed by atoms with Crippen molar-refractivity contribution < 1.29 is 8.83 Å². The van der Waals surface area contributed by atoms with E-state index < -0.39 is 0 Å². The maximum atomic E-state index is 6.76. The molecule has 2 aromatic heterocycles. The van der Waals surface area contributed by atoms with Crippen LogP contribution in [0.1, 0.15) is 25.0 Å². The van der Waals surface area contributed by atoms with E-state index in [-0.39, 0.29) is 5.41 Å². The van der Waals surface area contributed by atoms with Crippen LogP contribution in [0.5, 0.6) is 0 Å². The van der Waals surface area contributed by atoms with E-state index in [1.807, 2.05) is 12.1 Å². The predicted octanol–water partition coefficient (Wildman–Crippen LogP) is 17.9. The molecule has 0 aliphatic heterocycles. The molecule has 13 rings (SSSR count). The van der Waals surface area contributed by atoms with E-state index in [2.05, 4.69) is 231 Å². The molecular formula is C63H43NO2. The second-order valence-electron chi connectivity index (χ2n) is 18.0. The lowest BCUT2D eigenvalue weighted by Crippen LogP contribution is -2.16. The van der Waals surface area contributed by atoms with Gasteiger partial charge in [-0.3, -0.25) is 0 Å². The Morgan fingerprint density at radius 1 is 0.318 bits per heavy atom. The van der Waals surface area contributed by atoms with Gasteiger partial charge in [0.1, 0.15) is 22.3 Å². The normalized spacial score (nSPS) is 12.8. The van der Waals surface area contributed by atoms with Crippen molar-refractivity contribution in [1.82, 2.24) is 0 Å². The second kappa shape index (κ2) is 14.8. The number of fused-ring (bicyclic) bond motifs is 9. The fraction of sp³-hybridized carbons (Fsp3) is 0.0476. The van der Waals surface area contributed by atoms with Crippen LogP contribution in [-0.2, 0) is 5.41 Å². The summed E-state index contributed by atoms with van der Waals surface area (Å²) >= 11 is 0. The third-order valence-electron chi connectivity index (χ3n) is 13.9. The molecule has 12 aromatic rings. The molecule has 312 valence electrons. The van der Waals surface area contributed by atoms with E-state index in [1.54, 1.807) is 0 Å². The highest BCUT2D eigenvalue weighted by Gasteiger charge is 2.39. The number of rotatable bonds is 7. The summed E-state index contributed by atoms with van der Waals surface area (Å²) in [5, 5.41) is 4.49. The van der Waals surface area contributed by atoms with E-state index in [0.717, 1.165) is 77.6 Å². The number of hydrogen-bond donors (Lipinski definition) is 0. The number of para-hydroxylation sites is 5. The molecule has 0 saturated heterocycles. The van der Waals surface area contributed by atoms with E-state index in [4.69, 9.17) is 8.83 Å². The minimum absolute atomic E-state index is 0.329. The van der Waals surface area contributed by atoms with Gasteiger partial charge in [-0.15, -0.1) is 0 Å². The zero-order valence-corrected chi connectivity index (χ0v) is 36.6. The van der Waals surface area contributed by atoms with Gasteiger partial charge in [-0.2, -0.15) is 0 Å². The number of hydrogen-bond acceptors (Lipinski definition) is 3. The minimum atomic E-state index is -0.329. The SMILES string of the molecule is CC1(C)c2cc(-c3ccc(N(c4ccccc4)c4ccc(-c5ccccc5)cc4)cc3)ccc2-c2cc(-c3cccc4c3oc3ccccc34)cc(-c3cccc4c3oc3ccccc34)c21. The van der Waals surface area contributed by atoms with Crippen molar-refractivity contribution >= 4 is 60.9 Å². The summed E-state index contributed by atoms with van der Waals surface area (Å²) < 4.78 is 13.4. The fourth-order valence-electron chi connectivity index (χ4n) is 10.7. The summed E-state index contributed by atoms with van der Waals surface area (Å²) in [5.41, 5.74) is 20.9. The molecule has 0 N–H and O–H groups in total. The molecule has 0 spiro atoms. The van der Waals surface area contributed by atoms with E-state index >= 15 is 0 Å². The first-order valence-electron chi connectivity index (χ1n) is 22.7. The lowest BCUT2D eigenvalue weighted by atomic mass is 9.77. The molecule has 0 saturated carbocycles. The average molecular weight is 846 g/mol. The van der Waals surface area contributed by atoms with Crippen LogP contribution in [0, 0.1) is 0 Å². The van der Waals surface area contributed by atoms with Crippen LogP contribution in [0.4, 0.5) is 17.1 Å². The Morgan fingerprint density at radius 2 is 0.773 bits per heavy atom. The molecule has 0 bridgehead atoms. The Morgan fingerprint density at radius 3 is 1.39 bits per heavy atom. The van der Waals surface area contributed by atoms with Crippen molar-refractivity contribution in [1.29, 1.82) is 0 Å². The molecule has 66 heavy (non-hydrogen) atoms. The quantitative estimate of drug-likeness (QED) is 0.160. The third-order valence-corrected chi connectivity index (χ3v) is 13.9. The van der Waals surface area contributed by atoms with Crippen LogP contribution in [-0.4, -0.2) is 0 Å². The van der Waals surface area contributed by atoms with Crippen LogP contribution < -0.4 is 4.90 Å². The van der Waals surface area contributed by atoms with Crippen molar-refractivity contribution in [2.75, 3.05) is 4.90 Å². The highest BCUT2D eigenvalue weighted by molar-refractivity contribution is 6.12. The summed E-state index contributed by atoms with van der Waals surface area (Å²) in [5.74, 6) is 0. The maximum Gasteiger partial charge on any atom is 0.143 e. The van der Waals surface area contributed by atoms with Crippen molar-refractivity contribution in [3.05, 3.63) is 236 Å². The zero-order valence-electron chi connectivity index (χ0n) is 36.6. The highest BCUT2D eigenvalue weighted by atomic mass is 16.3. The average Bonchev–Trinajstić information content (AvgIpc) is 4.02. The Labute approximate surface area is 383 Å². The van der Waals surface area contributed by atoms with Crippen molar-refractivity contribution in [2.45, 2.75) is 19.3 Å². The van der Waals surface area contributed by atoms with Crippen molar-refractivity contribution in [3.63, 3.8) is 0 Å². The Kier molecular flexibility index (Phi) is 8.56. The molecule has 0 radical (unpaired) electrons. The van der Waals surface area contributed by atoms with Gasteiger partial charge < -0.3 is 13.7 Å². The van der Waals surface area contributed by atoms with Gasteiger partial charge in [-0.1, -0.05) is 172 Å². The van der Waals surface area contributed by atoms with Crippen LogP contribution >= 0.6 is 0 Å². The van der Waals surface area contributed by atoms with Gasteiger partial charge in [0.25, 0.3) is 0 Å². The Bertz CT molecular complexity index is 3820. The number of nitrogens with zero attached hydrogens (tertiary/aromatic N) is 1. The minimum Gasteiger partial charge on any atom is -0.455 e. The molecule has 10 aromatic carbocycles. The van der Waals surface area contributed by atoms with Gasteiger partial charge >= 0.3 is 0 Å². The predicted molar refractivity (Wildman–Crippen MR) is 275 cm³/mol. The number of benzene rings is 10. The van der Waals surface area contributed by atoms with Crippen LogP contribution in [0.3, 0.4) is 0 Å². The summed E-state index contributed by atoms with van der Waals surface area (Å²) in [6.07, 6.45) is 0. The molecule has 0 fully saturated rings. The molecule has 3 nitrogen and oxygen atoms in total. The third kappa shape index (κ3) is 5.97. The summed E-state index contributed by atoms with van der Waals surface area (Å²) in [6.45, 7) is 4.76. The molecule has 2 heterocycles. The van der Waals surface area contributed by atoms with Gasteiger partial charge in [-0.25, -0.2) is 0 Å². The molecule has 0 unspecified atom stereocenters. The van der Waals surface area contributed by atoms with Crippen LogP contribution in [0.25, 0.3) is 99.5 Å². The standard InChI is InChI=1S/C63H43NO2/c1-63(2)57-39-43(42-29-34-47(35-30-42)64(45-17-7-4-8-18-45)46-32-27-41(28-33-46)40-15-5-3-6-16-40)31-36-49(57)55-37-44(48-21-13-22-52-50-19-9-11-25-58(50)65-61(48)52)38-56(60(55)63)54-24-14-23-53-51-20-10-12-26-59(51)66-62(53)54/h3-39H,1-2H3. The Balaban J connectivity index is 0.939. The first kappa shape index (κ1) is 38.1. The van der Waals surface area contributed by atoms with Gasteiger partial charge in [-0.05, 0) is 122 Å².